The smallest absolute Gasteiger partial charge is 0.172 e. The van der Waals surface area contributed by atoms with Gasteiger partial charge in [0.15, 0.2) is 5.82 Å². The molecule has 20 heavy (non-hydrogen) atoms. The van der Waals surface area contributed by atoms with Crippen LogP contribution in [0.25, 0.3) is 16.9 Å². The first-order valence-corrected chi connectivity index (χ1v) is 6.20. The Balaban J connectivity index is 2.35. The maximum atomic E-state index is 7.80. The number of hydrogen-bond acceptors (Lipinski definition) is 4. The highest BCUT2D eigenvalue weighted by Crippen LogP contribution is 2.21. The molecule has 0 atom stereocenters. The first kappa shape index (κ1) is 12.3. The number of benzene rings is 1. The van der Waals surface area contributed by atoms with E-state index >= 15 is 0 Å². The summed E-state index contributed by atoms with van der Waals surface area (Å²) in [6, 6.07) is 7.73. The third-order valence-electron chi connectivity index (χ3n) is 3.39. The SMILES string of the molecule is Cc1nnc(-n2cnc3ccccc32)c(C(=N)N)c1C. The maximum absolute atomic E-state index is 7.80. The summed E-state index contributed by atoms with van der Waals surface area (Å²) in [4.78, 5) is 4.33. The molecular weight excluding hydrogens is 252 g/mol. The highest BCUT2D eigenvalue weighted by Gasteiger charge is 2.16. The lowest BCUT2D eigenvalue weighted by Gasteiger charge is -2.12. The molecule has 0 saturated heterocycles. The molecule has 6 nitrogen and oxygen atoms in total. The molecule has 0 spiro atoms. The Morgan fingerprint density at radius 3 is 2.70 bits per heavy atom. The van der Waals surface area contributed by atoms with Gasteiger partial charge in [-0.05, 0) is 31.5 Å². The number of imidazole rings is 1. The van der Waals surface area contributed by atoms with Crippen molar-refractivity contribution in [1.82, 2.24) is 19.7 Å². The molecule has 2 heterocycles. The minimum Gasteiger partial charge on any atom is -0.384 e. The molecule has 0 aliphatic heterocycles. The molecule has 2 aromatic heterocycles. The molecule has 0 unspecified atom stereocenters. The average molecular weight is 266 g/mol. The summed E-state index contributed by atoms with van der Waals surface area (Å²) < 4.78 is 1.81. The number of nitrogen functional groups attached to an aromatic ring is 1. The standard InChI is InChI=1S/C14H14N6/c1-8-9(2)18-19-14(12(8)13(15)16)20-7-17-10-5-3-4-6-11(10)20/h3-7H,1-2H3,(H3,15,16). The fourth-order valence-electron chi connectivity index (χ4n) is 2.22. The number of nitrogens with zero attached hydrogens (tertiary/aromatic N) is 4. The van der Waals surface area contributed by atoms with Crippen LogP contribution in [0.15, 0.2) is 30.6 Å². The molecule has 0 radical (unpaired) electrons. The molecule has 0 bridgehead atoms. The van der Waals surface area contributed by atoms with Crippen LogP contribution in [0.1, 0.15) is 16.8 Å². The van der Waals surface area contributed by atoms with Gasteiger partial charge in [0.05, 0.1) is 22.3 Å². The van der Waals surface area contributed by atoms with Gasteiger partial charge in [0.25, 0.3) is 0 Å². The molecule has 0 aliphatic carbocycles. The van der Waals surface area contributed by atoms with Gasteiger partial charge >= 0.3 is 0 Å². The van der Waals surface area contributed by atoms with E-state index in [-0.39, 0.29) is 5.84 Å². The van der Waals surface area contributed by atoms with E-state index in [9.17, 15) is 0 Å². The van der Waals surface area contributed by atoms with Gasteiger partial charge in [-0.25, -0.2) is 4.98 Å². The number of aryl methyl sites for hydroxylation is 1. The quantitative estimate of drug-likeness (QED) is 0.545. The van der Waals surface area contributed by atoms with Crippen LogP contribution < -0.4 is 5.73 Å². The summed E-state index contributed by atoms with van der Waals surface area (Å²) >= 11 is 0. The van der Waals surface area contributed by atoms with Crippen LogP contribution in [-0.2, 0) is 0 Å². The Labute approximate surface area is 115 Å². The van der Waals surface area contributed by atoms with Crippen molar-refractivity contribution in [2.24, 2.45) is 5.73 Å². The van der Waals surface area contributed by atoms with E-state index < -0.39 is 0 Å². The van der Waals surface area contributed by atoms with E-state index in [0.717, 1.165) is 22.3 Å². The summed E-state index contributed by atoms with van der Waals surface area (Å²) in [5.41, 5.74) is 9.72. The van der Waals surface area contributed by atoms with Crippen LogP contribution >= 0.6 is 0 Å². The van der Waals surface area contributed by atoms with Crippen molar-refractivity contribution < 1.29 is 0 Å². The predicted molar refractivity (Wildman–Crippen MR) is 77.2 cm³/mol. The lowest BCUT2D eigenvalue weighted by Crippen LogP contribution is -2.19. The van der Waals surface area contributed by atoms with Gasteiger partial charge in [-0.3, -0.25) is 9.98 Å². The normalized spacial score (nSPS) is 10.9. The summed E-state index contributed by atoms with van der Waals surface area (Å²) in [5.74, 6) is 0.516. The Morgan fingerprint density at radius 1 is 1.20 bits per heavy atom. The number of para-hydroxylation sites is 2. The van der Waals surface area contributed by atoms with Crippen molar-refractivity contribution in [1.29, 1.82) is 5.41 Å². The van der Waals surface area contributed by atoms with E-state index in [1.807, 2.05) is 42.7 Å². The second-order valence-corrected chi connectivity index (χ2v) is 4.63. The lowest BCUT2D eigenvalue weighted by molar-refractivity contribution is 0.886. The van der Waals surface area contributed by atoms with E-state index in [4.69, 9.17) is 11.1 Å². The van der Waals surface area contributed by atoms with Gasteiger partial charge in [0, 0.05) is 0 Å². The zero-order chi connectivity index (χ0) is 14.3. The number of hydrogen-bond donors (Lipinski definition) is 2. The molecule has 6 heteroatoms. The molecular formula is C14H14N6. The Morgan fingerprint density at radius 2 is 1.95 bits per heavy atom. The number of nitrogens with one attached hydrogen (secondary N) is 1. The van der Waals surface area contributed by atoms with Gasteiger partial charge in [0.2, 0.25) is 0 Å². The van der Waals surface area contributed by atoms with Crippen LogP contribution in [0.2, 0.25) is 0 Å². The van der Waals surface area contributed by atoms with Gasteiger partial charge in [-0.1, -0.05) is 12.1 Å². The van der Waals surface area contributed by atoms with Crippen molar-refractivity contribution in [3.8, 4) is 5.82 Å². The topological polar surface area (TPSA) is 93.5 Å². The number of nitrogens with two attached hydrogens (primary N) is 1. The van der Waals surface area contributed by atoms with Gasteiger partial charge in [0.1, 0.15) is 12.2 Å². The molecule has 3 aromatic rings. The van der Waals surface area contributed by atoms with Crippen LogP contribution in [0.4, 0.5) is 0 Å². The van der Waals surface area contributed by atoms with E-state index in [1.54, 1.807) is 6.33 Å². The second-order valence-electron chi connectivity index (χ2n) is 4.63. The van der Waals surface area contributed by atoms with Gasteiger partial charge in [-0.2, -0.15) is 5.10 Å². The second kappa shape index (κ2) is 4.41. The van der Waals surface area contributed by atoms with Crippen molar-refractivity contribution >= 4 is 16.9 Å². The zero-order valence-electron chi connectivity index (χ0n) is 11.3. The monoisotopic (exact) mass is 266 g/mol. The Bertz CT molecular complexity index is 818. The van der Waals surface area contributed by atoms with Crippen molar-refractivity contribution in [2.75, 3.05) is 0 Å². The highest BCUT2D eigenvalue weighted by molar-refractivity contribution is 5.99. The largest absolute Gasteiger partial charge is 0.384 e. The van der Waals surface area contributed by atoms with E-state index in [1.165, 1.54) is 0 Å². The molecule has 100 valence electrons. The number of rotatable bonds is 2. The molecule has 0 saturated carbocycles. The van der Waals surface area contributed by atoms with Crippen LogP contribution in [-0.4, -0.2) is 25.6 Å². The summed E-state index contributed by atoms with van der Waals surface area (Å²) in [6.07, 6.45) is 1.68. The minimum atomic E-state index is -0.0201. The van der Waals surface area contributed by atoms with Crippen molar-refractivity contribution in [2.45, 2.75) is 13.8 Å². The average Bonchev–Trinajstić information content (AvgIpc) is 2.85. The molecule has 3 rings (SSSR count). The van der Waals surface area contributed by atoms with Crippen molar-refractivity contribution in [3.05, 3.63) is 47.4 Å². The number of aromatic nitrogens is 4. The maximum Gasteiger partial charge on any atom is 0.172 e. The minimum absolute atomic E-state index is 0.0201. The lowest BCUT2D eigenvalue weighted by atomic mass is 10.1. The Hall–Kier alpha value is -2.76. The summed E-state index contributed by atoms with van der Waals surface area (Å²) in [7, 11) is 0. The van der Waals surface area contributed by atoms with Crippen molar-refractivity contribution in [3.63, 3.8) is 0 Å². The highest BCUT2D eigenvalue weighted by atomic mass is 15.2. The van der Waals surface area contributed by atoms with Crippen LogP contribution in [0, 0.1) is 19.3 Å². The Kier molecular flexibility index (Phi) is 2.71. The van der Waals surface area contributed by atoms with Gasteiger partial charge in [-0.15, -0.1) is 5.10 Å². The van der Waals surface area contributed by atoms with Crippen LogP contribution in [0.3, 0.4) is 0 Å². The predicted octanol–water partition coefficient (Wildman–Crippen LogP) is 1.72. The molecule has 1 aromatic carbocycles. The first-order valence-electron chi connectivity index (χ1n) is 6.20. The third kappa shape index (κ3) is 1.73. The first-order chi connectivity index (χ1) is 9.59. The van der Waals surface area contributed by atoms with E-state index in [0.29, 0.717) is 11.4 Å². The third-order valence-corrected chi connectivity index (χ3v) is 3.39. The van der Waals surface area contributed by atoms with E-state index in [2.05, 4.69) is 15.2 Å². The van der Waals surface area contributed by atoms with Crippen LogP contribution in [0.5, 0.6) is 0 Å². The van der Waals surface area contributed by atoms with Gasteiger partial charge < -0.3 is 5.73 Å². The molecule has 0 amide bonds. The number of fused-ring (bicyclic) bond motifs is 1. The fraction of sp³-hybridized carbons (Fsp3) is 0.143. The summed E-state index contributed by atoms with van der Waals surface area (Å²) in [5, 5.41) is 16.1. The zero-order valence-corrected chi connectivity index (χ0v) is 11.3. The molecule has 0 aliphatic rings. The fourth-order valence-corrected chi connectivity index (χ4v) is 2.22. The summed E-state index contributed by atoms with van der Waals surface area (Å²) in [6.45, 7) is 3.74. The molecule has 0 fully saturated rings. The molecule has 3 N–H and O–H groups in total. The number of amidine groups is 1.